The third-order valence-electron chi connectivity index (χ3n) is 8.40. The molecule has 3 N–H and O–H groups in total. The molecule has 0 unspecified atom stereocenters. The standard InChI is InChI=1S/C32H38F2N4O4S/c1-4-18-13-19(14-25(35)31(18)40-2)22-7-10-36-17-27(22)38-32(39)26-6-5-23(33)30(37-26)29-24(34)15-21(16-28(29)43-3)42-20-8-11-41-12-9-20/h5-7,10,15-20,25,31H,4,8-9,11-14,35H2,1-3H3,(H,38,39)/t18-,19+,25+,31+/m0/s1. The Balaban J connectivity index is 1.40. The van der Waals surface area contributed by atoms with Crippen molar-refractivity contribution in [3.63, 3.8) is 0 Å². The highest BCUT2D eigenvalue weighted by molar-refractivity contribution is 7.98. The predicted molar refractivity (Wildman–Crippen MR) is 163 cm³/mol. The van der Waals surface area contributed by atoms with Gasteiger partial charge in [0.05, 0.1) is 36.8 Å². The van der Waals surface area contributed by atoms with Crippen molar-refractivity contribution in [1.29, 1.82) is 0 Å². The highest BCUT2D eigenvalue weighted by atomic mass is 32.2. The zero-order valence-electron chi connectivity index (χ0n) is 24.6. The predicted octanol–water partition coefficient (Wildman–Crippen LogP) is 6.20. The van der Waals surface area contributed by atoms with Crippen molar-refractivity contribution in [3.05, 3.63) is 65.6 Å². The number of aromatic nitrogens is 2. The monoisotopic (exact) mass is 612 g/mol. The number of nitrogens with zero attached hydrogens (tertiary/aromatic N) is 2. The maximum absolute atomic E-state index is 15.5. The van der Waals surface area contributed by atoms with E-state index in [0.29, 0.717) is 48.8 Å². The third kappa shape index (κ3) is 7.01. The molecular formula is C32H38F2N4O4S. The van der Waals surface area contributed by atoms with Crippen molar-refractivity contribution in [2.24, 2.45) is 11.7 Å². The van der Waals surface area contributed by atoms with E-state index < -0.39 is 17.5 Å². The van der Waals surface area contributed by atoms with Crippen LogP contribution in [0.4, 0.5) is 14.5 Å². The quantitative estimate of drug-likeness (QED) is 0.275. The maximum atomic E-state index is 15.5. The van der Waals surface area contributed by atoms with Gasteiger partial charge in [-0.05, 0) is 60.8 Å². The highest BCUT2D eigenvalue weighted by Crippen LogP contribution is 2.41. The van der Waals surface area contributed by atoms with Crippen LogP contribution in [0.1, 0.15) is 61.0 Å². The summed E-state index contributed by atoms with van der Waals surface area (Å²) < 4.78 is 47.7. The van der Waals surface area contributed by atoms with Crippen LogP contribution in [-0.2, 0) is 9.47 Å². The summed E-state index contributed by atoms with van der Waals surface area (Å²) in [6.07, 6.45) is 8.87. The van der Waals surface area contributed by atoms with Crippen LogP contribution in [0.5, 0.6) is 5.75 Å². The van der Waals surface area contributed by atoms with E-state index in [1.165, 1.54) is 23.9 Å². The normalized spacial score (nSPS) is 22.7. The molecule has 8 nitrogen and oxygen atoms in total. The van der Waals surface area contributed by atoms with Gasteiger partial charge in [0.25, 0.3) is 5.91 Å². The Bertz CT molecular complexity index is 1440. The molecule has 3 aromatic rings. The average Bonchev–Trinajstić information content (AvgIpc) is 3.01. The molecule has 11 heteroatoms. The number of amides is 1. The molecule has 0 radical (unpaired) electrons. The minimum absolute atomic E-state index is 0.0166. The number of nitrogens with two attached hydrogens (primary N) is 1. The fourth-order valence-electron chi connectivity index (χ4n) is 6.23. The molecule has 1 aromatic carbocycles. The van der Waals surface area contributed by atoms with Crippen LogP contribution < -0.4 is 15.8 Å². The van der Waals surface area contributed by atoms with Crippen LogP contribution in [0, 0.1) is 17.6 Å². The Morgan fingerprint density at radius 1 is 1.16 bits per heavy atom. The van der Waals surface area contributed by atoms with E-state index in [-0.39, 0.29) is 47.0 Å². The molecule has 5 rings (SSSR count). The van der Waals surface area contributed by atoms with Crippen molar-refractivity contribution in [2.45, 2.75) is 68.1 Å². The number of nitrogens with one attached hydrogen (secondary N) is 1. The summed E-state index contributed by atoms with van der Waals surface area (Å²) in [5, 5.41) is 2.91. The molecule has 43 heavy (non-hydrogen) atoms. The van der Waals surface area contributed by atoms with Crippen molar-refractivity contribution in [1.82, 2.24) is 9.97 Å². The van der Waals surface area contributed by atoms with Gasteiger partial charge < -0.3 is 25.3 Å². The van der Waals surface area contributed by atoms with E-state index in [9.17, 15) is 4.79 Å². The number of carbonyl (C=O) groups excluding carboxylic acids is 1. The van der Waals surface area contributed by atoms with Gasteiger partial charge in [0.1, 0.15) is 34.9 Å². The smallest absolute Gasteiger partial charge is 0.274 e. The van der Waals surface area contributed by atoms with Crippen LogP contribution in [0.2, 0.25) is 0 Å². The number of benzene rings is 1. The summed E-state index contributed by atoms with van der Waals surface area (Å²) >= 11 is 1.25. The van der Waals surface area contributed by atoms with Gasteiger partial charge in [-0.3, -0.25) is 9.78 Å². The van der Waals surface area contributed by atoms with Crippen molar-refractivity contribution in [3.8, 4) is 17.0 Å². The first kappa shape index (κ1) is 31.3. The fraction of sp³-hybridized carbons (Fsp3) is 0.469. The first-order valence-corrected chi connectivity index (χ1v) is 15.9. The highest BCUT2D eigenvalue weighted by Gasteiger charge is 2.36. The summed E-state index contributed by atoms with van der Waals surface area (Å²) in [5.41, 5.74) is 7.63. The number of hydrogen-bond acceptors (Lipinski definition) is 8. The first-order valence-electron chi connectivity index (χ1n) is 14.6. The summed E-state index contributed by atoms with van der Waals surface area (Å²) in [4.78, 5) is 22.4. The van der Waals surface area contributed by atoms with Gasteiger partial charge in [-0.15, -0.1) is 11.8 Å². The van der Waals surface area contributed by atoms with Crippen molar-refractivity contribution >= 4 is 23.4 Å². The second kappa shape index (κ2) is 14.1. The second-order valence-corrected chi connectivity index (χ2v) is 11.9. The van der Waals surface area contributed by atoms with Gasteiger partial charge in [-0.2, -0.15) is 0 Å². The van der Waals surface area contributed by atoms with Crippen LogP contribution in [0.3, 0.4) is 0 Å². The number of ether oxygens (including phenoxy) is 3. The van der Waals surface area contributed by atoms with E-state index >= 15 is 8.78 Å². The molecule has 1 saturated carbocycles. The van der Waals surface area contributed by atoms with E-state index in [0.717, 1.165) is 24.5 Å². The Kier molecular flexibility index (Phi) is 10.3. The molecule has 2 aromatic heterocycles. The first-order chi connectivity index (χ1) is 20.8. The summed E-state index contributed by atoms with van der Waals surface area (Å²) in [5.74, 6) is -1.22. The SMILES string of the molecule is CC[C@H]1C[C@@H](c2ccncc2NC(=O)c2ccc(F)c(-c3c(F)cc(OC4CCOCC4)cc3SC)n2)C[C@@H](N)[C@@H]1OC. The van der Waals surface area contributed by atoms with Gasteiger partial charge in [0.15, 0.2) is 0 Å². The Morgan fingerprint density at radius 3 is 2.67 bits per heavy atom. The van der Waals surface area contributed by atoms with Crippen LogP contribution >= 0.6 is 11.8 Å². The molecule has 0 bridgehead atoms. The molecule has 2 fully saturated rings. The lowest BCUT2D eigenvalue weighted by atomic mass is 9.73. The second-order valence-electron chi connectivity index (χ2n) is 11.1. The van der Waals surface area contributed by atoms with E-state index in [4.69, 9.17) is 19.9 Å². The zero-order valence-corrected chi connectivity index (χ0v) is 25.5. The lowest BCUT2D eigenvalue weighted by Gasteiger charge is -2.39. The molecule has 1 aliphatic carbocycles. The Morgan fingerprint density at radius 2 is 1.95 bits per heavy atom. The summed E-state index contributed by atoms with van der Waals surface area (Å²) in [6.45, 7) is 3.30. The van der Waals surface area contributed by atoms with Crippen LogP contribution in [0.25, 0.3) is 11.3 Å². The molecule has 4 atom stereocenters. The van der Waals surface area contributed by atoms with Gasteiger partial charge in [-0.1, -0.05) is 13.3 Å². The van der Waals surface area contributed by atoms with Crippen molar-refractivity contribution in [2.75, 3.05) is 31.9 Å². The van der Waals surface area contributed by atoms with Crippen molar-refractivity contribution < 1.29 is 27.8 Å². The average molecular weight is 613 g/mol. The number of thioether (sulfide) groups is 1. The topological polar surface area (TPSA) is 109 Å². The van der Waals surface area contributed by atoms with E-state index in [1.807, 2.05) is 6.07 Å². The third-order valence-corrected chi connectivity index (χ3v) is 9.17. The zero-order chi connectivity index (χ0) is 30.5. The number of hydrogen-bond donors (Lipinski definition) is 2. The molecule has 3 heterocycles. The lowest BCUT2D eigenvalue weighted by molar-refractivity contribution is 0.00154. The van der Waals surface area contributed by atoms with Gasteiger partial charge in [0, 0.05) is 43.2 Å². The van der Waals surface area contributed by atoms with E-state index in [2.05, 4.69) is 22.2 Å². The van der Waals surface area contributed by atoms with Gasteiger partial charge >= 0.3 is 0 Å². The fourth-order valence-corrected chi connectivity index (χ4v) is 6.86. The minimum Gasteiger partial charge on any atom is -0.490 e. The number of anilines is 1. The number of rotatable bonds is 9. The minimum atomic E-state index is -0.736. The van der Waals surface area contributed by atoms with Gasteiger partial charge in [0.2, 0.25) is 0 Å². The van der Waals surface area contributed by atoms with Crippen LogP contribution in [0.15, 0.2) is 47.6 Å². The molecular weight excluding hydrogens is 574 g/mol. The van der Waals surface area contributed by atoms with E-state index in [1.54, 1.807) is 31.8 Å². The largest absolute Gasteiger partial charge is 0.490 e. The lowest BCUT2D eigenvalue weighted by Crippen LogP contribution is -2.46. The Labute approximate surface area is 255 Å². The van der Waals surface area contributed by atoms with Crippen LogP contribution in [-0.4, -0.2) is 60.7 Å². The molecule has 230 valence electrons. The number of carbonyl (C=O) groups is 1. The molecule has 1 saturated heterocycles. The number of halogens is 2. The van der Waals surface area contributed by atoms with Gasteiger partial charge in [-0.25, -0.2) is 13.8 Å². The maximum Gasteiger partial charge on any atom is 0.274 e. The molecule has 1 amide bonds. The summed E-state index contributed by atoms with van der Waals surface area (Å²) in [6, 6.07) is 7.10. The Hall–Kier alpha value is -3.12. The molecule has 2 aliphatic rings. The number of methoxy groups -OCH3 is 1. The number of pyridine rings is 2. The molecule has 0 spiro atoms. The molecule has 1 aliphatic heterocycles. The summed E-state index contributed by atoms with van der Waals surface area (Å²) in [7, 11) is 1.69.